The Labute approximate surface area is 76.9 Å². The molecule has 0 spiro atoms. The molecule has 1 fully saturated rings. The second kappa shape index (κ2) is 4.14. The quantitative estimate of drug-likeness (QED) is 0.675. The van der Waals surface area contributed by atoms with Crippen molar-refractivity contribution in [1.82, 2.24) is 5.32 Å². The number of hydrogen-bond acceptors (Lipinski definition) is 3. The number of thioether (sulfide) groups is 1. The summed E-state index contributed by atoms with van der Waals surface area (Å²) in [5.41, 5.74) is 0. The van der Waals surface area contributed by atoms with Gasteiger partial charge in [0.2, 0.25) is 5.91 Å². The van der Waals surface area contributed by atoms with Crippen LogP contribution in [0.1, 0.15) is 19.8 Å². The summed E-state index contributed by atoms with van der Waals surface area (Å²) < 4.78 is 0.199. The third kappa shape index (κ3) is 2.68. The lowest BCUT2D eigenvalue weighted by atomic mass is 10.1. The Hall–Kier alpha value is -0.220. The monoisotopic (exact) mass is 189 g/mol. The molecule has 1 saturated heterocycles. The van der Waals surface area contributed by atoms with Crippen molar-refractivity contribution in [2.24, 2.45) is 0 Å². The fourth-order valence-electron chi connectivity index (χ4n) is 1.32. The Bertz CT molecular complexity index is 166. The number of carbonyl (C=O) groups is 1. The van der Waals surface area contributed by atoms with E-state index in [2.05, 4.69) is 12.2 Å². The van der Waals surface area contributed by atoms with Gasteiger partial charge in [-0.25, -0.2) is 0 Å². The number of aliphatic hydroxyl groups is 1. The van der Waals surface area contributed by atoms with E-state index < -0.39 is 6.61 Å². The normalized spacial score (nSPS) is 28.8. The number of hydrogen-bond donors (Lipinski definition) is 2. The first kappa shape index (κ1) is 9.86. The molecule has 0 aromatic heterocycles. The molecule has 2 N–H and O–H groups in total. The highest BCUT2D eigenvalue weighted by Gasteiger charge is 2.29. The molecule has 0 aliphatic carbocycles. The molecule has 1 amide bonds. The first-order valence-electron chi connectivity index (χ1n) is 4.18. The zero-order chi connectivity index (χ0) is 9.03. The SMILES string of the molecule is CC1(CNC(=O)CO)CCCS1. The van der Waals surface area contributed by atoms with Gasteiger partial charge < -0.3 is 10.4 Å². The van der Waals surface area contributed by atoms with Gasteiger partial charge in [-0.3, -0.25) is 4.79 Å². The van der Waals surface area contributed by atoms with Crippen LogP contribution in [0.5, 0.6) is 0 Å². The molecular weight excluding hydrogens is 174 g/mol. The minimum atomic E-state index is -0.402. The summed E-state index contributed by atoms with van der Waals surface area (Å²) in [6.45, 7) is 2.43. The third-order valence-electron chi connectivity index (χ3n) is 2.10. The van der Waals surface area contributed by atoms with Crippen molar-refractivity contribution in [3.05, 3.63) is 0 Å². The second-order valence-corrected chi connectivity index (χ2v) is 5.02. The van der Waals surface area contributed by atoms with Gasteiger partial charge in [0.15, 0.2) is 0 Å². The predicted octanol–water partition coefficient (Wildman–Crippen LogP) is 0.381. The lowest BCUT2D eigenvalue weighted by molar-refractivity contribution is -0.123. The maximum Gasteiger partial charge on any atom is 0.245 e. The van der Waals surface area contributed by atoms with Gasteiger partial charge in [-0.15, -0.1) is 0 Å². The first-order valence-corrected chi connectivity index (χ1v) is 5.16. The lowest BCUT2D eigenvalue weighted by Gasteiger charge is -2.22. The average Bonchev–Trinajstić information content (AvgIpc) is 2.49. The maximum atomic E-state index is 10.7. The standard InChI is InChI=1S/C8H15NO2S/c1-8(3-2-4-12-8)6-9-7(11)5-10/h10H,2-6H2,1H3,(H,9,11). The van der Waals surface area contributed by atoms with E-state index in [9.17, 15) is 4.79 Å². The molecule has 0 saturated carbocycles. The van der Waals surface area contributed by atoms with Crippen LogP contribution in [0.3, 0.4) is 0 Å². The topological polar surface area (TPSA) is 49.3 Å². The largest absolute Gasteiger partial charge is 0.387 e. The Kier molecular flexibility index (Phi) is 3.40. The Morgan fingerprint density at radius 2 is 2.50 bits per heavy atom. The van der Waals surface area contributed by atoms with E-state index in [1.165, 1.54) is 12.2 Å². The van der Waals surface area contributed by atoms with Crippen LogP contribution in [-0.4, -0.2) is 34.7 Å². The van der Waals surface area contributed by atoms with Gasteiger partial charge in [-0.2, -0.15) is 11.8 Å². The van der Waals surface area contributed by atoms with Crippen LogP contribution in [0, 0.1) is 0 Å². The lowest BCUT2D eigenvalue weighted by Crippen LogP contribution is -2.37. The molecular formula is C8H15NO2S. The van der Waals surface area contributed by atoms with Crippen LogP contribution < -0.4 is 5.32 Å². The van der Waals surface area contributed by atoms with Gasteiger partial charge in [0, 0.05) is 11.3 Å². The highest BCUT2D eigenvalue weighted by atomic mass is 32.2. The van der Waals surface area contributed by atoms with Gasteiger partial charge in [-0.05, 0) is 25.5 Å². The second-order valence-electron chi connectivity index (χ2n) is 3.34. The van der Waals surface area contributed by atoms with E-state index in [1.807, 2.05) is 11.8 Å². The molecule has 1 aliphatic heterocycles. The molecule has 4 heteroatoms. The van der Waals surface area contributed by atoms with E-state index in [4.69, 9.17) is 5.11 Å². The Morgan fingerprint density at radius 3 is 3.00 bits per heavy atom. The van der Waals surface area contributed by atoms with Crippen molar-refractivity contribution in [3.63, 3.8) is 0 Å². The summed E-state index contributed by atoms with van der Waals surface area (Å²) in [4.78, 5) is 10.7. The number of carbonyl (C=O) groups excluding carboxylic acids is 1. The average molecular weight is 189 g/mol. The summed E-state index contributed by atoms with van der Waals surface area (Å²) in [5.74, 6) is 0.912. The number of aliphatic hydroxyl groups excluding tert-OH is 1. The van der Waals surface area contributed by atoms with Crippen LogP contribution in [0.4, 0.5) is 0 Å². The first-order chi connectivity index (χ1) is 5.66. The van der Waals surface area contributed by atoms with Crippen molar-refractivity contribution >= 4 is 17.7 Å². The molecule has 0 aromatic rings. The van der Waals surface area contributed by atoms with Crippen molar-refractivity contribution in [1.29, 1.82) is 0 Å². The van der Waals surface area contributed by atoms with E-state index >= 15 is 0 Å². The van der Waals surface area contributed by atoms with Crippen LogP contribution in [0.15, 0.2) is 0 Å². The van der Waals surface area contributed by atoms with Crippen LogP contribution in [-0.2, 0) is 4.79 Å². The molecule has 1 aliphatic rings. The van der Waals surface area contributed by atoms with Crippen LogP contribution >= 0.6 is 11.8 Å². The Morgan fingerprint density at radius 1 is 1.75 bits per heavy atom. The van der Waals surface area contributed by atoms with Gasteiger partial charge >= 0.3 is 0 Å². The van der Waals surface area contributed by atoms with Gasteiger partial charge in [0.25, 0.3) is 0 Å². The minimum Gasteiger partial charge on any atom is -0.387 e. The molecule has 0 bridgehead atoms. The van der Waals surface area contributed by atoms with Crippen LogP contribution in [0.25, 0.3) is 0 Å². The maximum absolute atomic E-state index is 10.7. The zero-order valence-electron chi connectivity index (χ0n) is 7.30. The van der Waals surface area contributed by atoms with Gasteiger partial charge in [-0.1, -0.05) is 0 Å². The molecule has 12 heavy (non-hydrogen) atoms. The summed E-state index contributed by atoms with van der Waals surface area (Å²) in [6.07, 6.45) is 2.39. The van der Waals surface area contributed by atoms with Crippen molar-refractivity contribution in [3.8, 4) is 0 Å². The zero-order valence-corrected chi connectivity index (χ0v) is 8.12. The third-order valence-corrected chi connectivity index (χ3v) is 3.64. The number of nitrogens with one attached hydrogen (secondary N) is 1. The Balaban J connectivity index is 2.25. The molecule has 3 nitrogen and oxygen atoms in total. The van der Waals surface area contributed by atoms with E-state index in [0.29, 0.717) is 6.54 Å². The van der Waals surface area contributed by atoms with E-state index in [-0.39, 0.29) is 10.7 Å². The smallest absolute Gasteiger partial charge is 0.245 e. The fraction of sp³-hybridized carbons (Fsp3) is 0.875. The predicted molar refractivity (Wildman–Crippen MR) is 50.2 cm³/mol. The van der Waals surface area contributed by atoms with Gasteiger partial charge in [0.05, 0.1) is 0 Å². The molecule has 0 radical (unpaired) electrons. The summed E-state index contributed by atoms with van der Waals surface area (Å²) >= 11 is 1.90. The van der Waals surface area contributed by atoms with Crippen molar-refractivity contribution in [2.45, 2.75) is 24.5 Å². The van der Waals surface area contributed by atoms with E-state index in [1.54, 1.807) is 0 Å². The highest BCUT2D eigenvalue weighted by Crippen LogP contribution is 2.36. The highest BCUT2D eigenvalue weighted by molar-refractivity contribution is 8.00. The van der Waals surface area contributed by atoms with Crippen LogP contribution in [0.2, 0.25) is 0 Å². The van der Waals surface area contributed by atoms with Crippen molar-refractivity contribution < 1.29 is 9.90 Å². The number of rotatable bonds is 3. The summed E-state index contributed by atoms with van der Waals surface area (Å²) in [7, 11) is 0. The van der Waals surface area contributed by atoms with Gasteiger partial charge in [0.1, 0.15) is 6.61 Å². The summed E-state index contributed by atoms with van der Waals surface area (Å²) in [6, 6.07) is 0. The number of amides is 1. The van der Waals surface area contributed by atoms with E-state index in [0.717, 1.165) is 6.42 Å². The molecule has 70 valence electrons. The molecule has 1 heterocycles. The van der Waals surface area contributed by atoms with Crippen molar-refractivity contribution in [2.75, 3.05) is 18.9 Å². The minimum absolute atomic E-state index is 0.199. The molecule has 0 aromatic carbocycles. The molecule has 1 atom stereocenters. The molecule has 1 unspecified atom stereocenters. The summed E-state index contributed by atoms with van der Waals surface area (Å²) in [5, 5.41) is 11.2. The fourth-order valence-corrected chi connectivity index (χ4v) is 2.56. The molecule has 1 rings (SSSR count).